The van der Waals surface area contributed by atoms with Gasteiger partial charge in [-0.25, -0.2) is 8.78 Å². The summed E-state index contributed by atoms with van der Waals surface area (Å²) in [5.74, 6) is -6.85. The molecule has 2 aromatic carbocycles. The Bertz CT molecular complexity index is 915. The second-order valence-corrected chi connectivity index (χ2v) is 5.87. The highest BCUT2D eigenvalue weighted by molar-refractivity contribution is 6.07. The molecule has 5 nitrogen and oxygen atoms in total. The van der Waals surface area contributed by atoms with Crippen LogP contribution in [0, 0.1) is 46.1 Å². The molecule has 2 rings (SSSR count). The zero-order chi connectivity index (χ0) is 20.0. The molecule has 0 fully saturated rings. The lowest BCUT2D eigenvalue weighted by Gasteiger charge is -2.26. The summed E-state index contributed by atoms with van der Waals surface area (Å²) in [6, 6.07) is 13.7. The van der Waals surface area contributed by atoms with Crippen LogP contribution in [-0.2, 0) is 9.59 Å². The van der Waals surface area contributed by atoms with Gasteiger partial charge in [0.2, 0.25) is 5.91 Å². The minimum absolute atomic E-state index is 0.0694. The fraction of sp³-hybridized carbons (Fsp3) is 0.200. The zero-order valence-electron chi connectivity index (χ0n) is 14.3. The number of benzene rings is 2. The normalized spacial score (nSPS) is 12.5. The van der Waals surface area contributed by atoms with Crippen molar-refractivity contribution >= 4 is 17.4 Å². The number of nitriles is 2. The summed E-state index contributed by atoms with van der Waals surface area (Å²) in [4.78, 5) is 25.0. The number of carbonyl (C=O) groups excluding carboxylic acids is 2. The van der Waals surface area contributed by atoms with Crippen LogP contribution < -0.4 is 5.32 Å². The van der Waals surface area contributed by atoms with E-state index in [2.05, 4.69) is 5.32 Å². The molecule has 0 unspecified atom stereocenters. The predicted molar refractivity (Wildman–Crippen MR) is 93.1 cm³/mol. The van der Waals surface area contributed by atoms with Gasteiger partial charge in [0.1, 0.15) is 29.3 Å². The molecule has 2 atom stereocenters. The Hall–Kier alpha value is -3.58. The maximum Gasteiger partial charge on any atom is 0.235 e. The SMILES string of the molecule is CC(=O)[C@H](C(=O)Nc1ccc(F)cc1)[C@@H](c1ccccc1F)C(C#N)C#N. The van der Waals surface area contributed by atoms with Crippen molar-refractivity contribution in [2.75, 3.05) is 5.32 Å². The van der Waals surface area contributed by atoms with Crippen LogP contribution >= 0.6 is 0 Å². The van der Waals surface area contributed by atoms with Crippen LogP contribution in [0.15, 0.2) is 48.5 Å². The minimum Gasteiger partial charge on any atom is -0.325 e. The molecule has 0 saturated heterocycles. The molecule has 0 aliphatic carbocycles. The van der Waals surface area contributed by atoms with E-state index >= 15 is 0 Å². The molecule has 0 radical (unpaired) electrons. The predicted octanol–water partition coefficient (Wildman–Crippen LogP) is 3.56. The molecular weight excluding hydrogens is 352 g/mol. The van der Waals surface area contributed by atoms with Crippen molar-refractivity contribution in [1.29, 1.82) is 10.5 Å². The number of rotatable bonds is 6. The molecular formula is C20H15F2N3O2. The third-order valence-corrected chi connectivity index (χ3v) is 4.09. The van der Waals surface area contributed by atoms with E-state index in [9.17, 15) is 28.9 Å². The zero-order valence-corrected chi connectivity index (χ0v) is 14.3. The standard InChI is InChI=1S/C20H15F2N3O2/c1-12(26)18(20(27)25-15-8-6-14(21)7-9-15)19(13(10-23)11-24)16-4-2-3-5-17(16)22/h2-9,13,18-19H,1H3,(H,25,27)/t18-,19+/m0/s1. The average Bonchev–Trinajstić information content (AvgIpc) is 2.64. The van der Waals surface area contributed by atoms with Crippen molar-refractivity contribution < 1.29 is 18.4 Å². The van der Waals surface area contributed by atoms with E-state index in [1.54, 1.807) is 12.1 Å². The molecule has 1 amide bonds. The van der Waals surface area contributed by atoms with Crippen molar-refractivity contribution in [3.63, 3.8) is 0 Å². The Kier molecular flexibility index (Phi) is 6.35. The van der Waals surface area contributed by atoms with Crippen molar-refractivity contribution in [2.45, 2.75) is 12.8 Å². The number of nitrogens with one attached hydrogen (secondary N) is 1. The highest BCUT2D eigenvalue weighted by atomic mass is 19.1. The van der Waals surface area contributed by atoms with Gasteiger partial charge in [-0.15, -0.1) is 0 Å². The second kappa shape index (κ2) is 8.68. The van der Waals surface area contributed by atoms with Crippen LogP contribution in [0.5, 0.6) is 0 Å². The summed E-state index contributed by atoms with van der Waals surface area (Å²) < 4.78 is 27.3. The molecule has 136 valence electrons. The molecule has 0 spiro atoms. The highest BCUT2D eigenvalue weighted by Crippen LogP contribution is 2.35. The fourth-order valence-corrected chi connectivity index (χ4v) is 2.84. The topological polar surface area (TPSA) is 93.8 Å². The lowest BCUT2D eigenvalue weighted by molar-refractivity contribution is -0.131. The first-order valence-corrected chi connectivity index (χ1v) is 7.99. The van der Waals surface area contributed by atoms with Crippen LogP contribution in [0.25, 0.3) is 0 Å². The maximum absolute atomic E-state index is 14.3. The van der Waals surface area contributed by atoms with E-state index in [0.29, 0.717) is 0 Å². The Balaban J connectivity index is 2.48. The summed E-state index contributed by atoms with van der Waals surface area (Å²) in [6.07, 6.45) is 0. The smallest absolute Gasteiger partial charge is 0.235 e. The number of Topliss-reactive ketones (excluding diaryl/α,β-unsaturated/α-hetero) is 1. The fourth-order valence-electron chi connectivity index (χ4n) is 2.84. The lowest BCUT2D eigenvalue weighted by Crippen LogP contribution is -2.36. The quantitative estimate of drug-likeness (QED) is 0.790. The van der Waals surface area contributed by atoms with Gasteiger partial charge < -0.3 is 5.32 Å². The van der Waals surface area contributed by atoms with Crippen molar-refractivity contribution in [3.8, 4) is 12.1 Å². The van der Waals surface area contributed by atoms with Crippen LogP contribution in [0.4, 0.5) is 14.5 Å². The summed E-state index contributed by atoms with van der Waals surface area (Å²) in [6.45, 7) is 1.13. The summed E-state index contributed by atoms with van der Waals surface area (Å²) in [7, 11) is 0. The Morgan fingerprint density at radius 2 is 1.59 bits per heavy atom. The Labute approximate surface area is 154 Å². The van der Waals surface area contributed by atoms with E-state index < -0.39 is 41.1 Å². The van der Waals surface area contributed by atoms with Gasteiger partial charge in [-0.05, 0) is 42.8 Å². The molecule has 27 heavy (non-hydrogen) atoms. The van der Waals surface area contributed by atoms with E-state index in [0.717, 1.165) is 25.1 Å². The molecule has 0 saturated carbocycles. The largest absolute Gasteiger partial charge is 0.325 e. The van der Waals surface area contributed by atoms with Crippen LogP contribution in [0.2, 0.25) is 0 Å². The molecule has 0 aliphatic rings. The summed E-state index contributed by atoms with van der Waals surface area (Å²) in [5, 5.41) is 21.1. The molecule has 7 heteroatoms. The summed E-state index contributed by atoms with van der Waals surface area (Å²) >= 11 is 0. The lowest BCUT2D eigenvalue weighted by atomic mass is 9.75. The number of carbonyl (C=O) groups is 2. The van der Waals surface area contributed by atoms with Crippen LogP contribution in [0.1, 0.15) is 18.4 Å². The van der Waals surface area contributed by atoms with Gasteiger partial charge in [0.05, 0.1) is 12.1 Å². The number of halogens is 2. The van der Waals surface area contributed by atoms with E-state index in [1.165, 1.54) is 30.3 Å². The molecule has 2 aromatic rings. The number of amides is 1. The third-order valence-electron chi connectivity index (χ3n) is 4.09. The number of hydrogen-bond acceptors (Lipinski definition) is 4. The molecule has 0 bridgehead atoms. The van der Waals surface area contributed by atoms with Gasteiger partial charge >= 0.3 is 0 Å². The van der Waals surface area contributed by atoms with E-state index in [1.807, 2.05) is 0 Å². The van der Waals surface area contributed by atoms with Crippen molar-refractivity contribution in [3.05, 3.63) is 65.7 Å². The van der Waals surface area contributed by atoms with Gasteiger partial charge in [0, 0.05) is 11.6 Å². The van der Waals surface area contributed by atoms with E-state index in [-0.39, 0.29) is 11.3 Å². The highest BCUT2D eigenvalue weighted by Gasteiger charge is 2.40. The Morgan fingerprint density at radius 3 is 2.11 bits per heavy atom. The summed E-state index contributed by atoms with van der Waals surface area (Å²) in [5.41, 5.74) is 0.158. The average molecular weight is 367 g/mol. The first kappa shape index (κ1) is 19.7. The van der Waals surface area contributed by atoms with Gasteiger partial charge in [-0.2, -0.15) is 10.5 Å². The van der Waals surface area contributed by atoms with Crippen LogP contribution in [0.3, 0.4) is 0 Å². The molecule has 0 heterocycles. The van der Waals surface area contributed by atoms with Gasteiger partial charge in [-0.3, -0.25) is 9.59 Å². The molecule has 1 N–H and O–H groups in total. The van der Waals surface area contributed by atoms with Gasteiger partial charge in [0.15, 0.2) is 0 Å². The number of hydrogen-bond donors (Lipinski definition) is 1. The van der Waals surface area contributed by atoms with Gasteiger partial charge in [-0.1, -0.05) is 18.2 Å². The molecule has 0 aliphatic heterocycles. The Morgan fingerprint density at radius 1 is 1.00 bits per heavy atom. The van der Waals surface area contributed by atoms with Crippen molar-refractivity contribution in [1.82, 2.24) is 0 Å². The third kappa shape index (κ3) is 4.53. The first-order valence-electron chi connectivity index (χ1n) is 7.99. The van der Waals surface area contributed by atoms with Gasteiger partial charge in [0.25, 0.3) is 0 Å². The second-order valence-electron chi connectivity index (χ2n) is 5.87. The maximum atomic E-state index is 14.3. The number of anilines is 1. The number of nitrogens with zero attached hydrogens (tertiary/aromatic N) is 2. The van der Waals surface area contributed by atoms with Crippen LogP contribution in [-0.4, -0.2) is 11.7 Å². The minimum atomic E-state index is -1.48. The molecule has 0 aromatic heterocycles. The van der Waals surface area contributed by atoms with E-state index in [4.69, 9.17) is 0 Å². The number of ketones is 1. The first-order chi connectivity index (χ1) is 12.9. The van der Waals surface area contributed by atoms with Crippen molar-refractivity contribution in [2.24, 2.45) is 11.8 Å². The monoisotopic (exact) mass is 367 g/mol.